The van der Waals surface area contributed by atoms with E-state index in [4.69, 9.17) is 5.73 Å². The fourth-order valence-corrected chi connectivity index (χ4v) is 2.81. The van der Waals surface area contributed by atoms with E-state index in [1.165, 1.54) is 0 Å². The zero-order chi connectivity index (χ0) is 13.8. The molecule has 2 rings (SSSR count). The van der Waals surface area contributed by atoms with Crippen LogP contribution in [-0.4, -0.2) is 11.7 Å². The van der Waals surface area contributed by atoms with E-state index in [0.29, 0.717) is 6.54 Å². The maximum absolute atomic E-state index is 10.6. The number of aryl methyl sites for hydroxylation is 1. The predicted octanol–water partition coefficient (Wildman–Crippen LogP) is 3.53. The summed E-state index contributed by atoms with van der Waals surface area (Å²) in [5.74, 6) is -0.0823. The number of aliphatic hydroxyl groups is 1. The summed E-state index contributed by atoms with van der Waals surface area (Å²) in [7, 11) is 0. The first-order valence-electron chi connectivity index (χ1n) is 6.32. The Bertz CT molecular complexity index is 542. The Morgan fingerprint density at radius 1 is 1.16 bits per heavy atom. The van der Waals surface area contributed by atoms with Crippen molar-refractivity contribution in [3.8, 4) is 0 Å². The summed E-state index contributed by atoms with van der Waals surface area (Å²) in [5, 5.41) is 10.6. The number of aliphatic hydroxyl groups excluding tert-OH is 1. The van der Waals surface area contributed by atoms with Crippen LogP contribution in [0.4, 0.5) is 0 Å². The van der Waals surface area contributed by atoms with E-state index >= 15 is 0 Å². The van der Waals surface area contributed by atoms with E-state index in [-0.39, 0.29) is 5.92 Å². The Morgan fingerprint density at radius 3 is 2.42 bits per heavy atom. The van der Waals surface area contributed by atoms with E-state index < -0.39 is 6.10 Å². The second-order valence-electron chi connectivity index (χ2n) is 4.70. The van der Waals surface area contributed by atoms with Gasteiger partial charge in [0.25, 0.3) is 0 Å². The van der Waals surface area contributed by atoms with E-state index in [0.717, 1.165) is 21.2 Å². The van der Waals surface area contributed by atoms with E-state index in [2.05, 4.69) is 15.9 Å². The van der Waals surface area contributed by atoms with Crippen LogP contribution in [0.3, 0.4) is 0 Å². The summed E-state index contributed by atoms with van der Waals surface area (Å²) in [6.07, 6.45) is -0.583. The molecule has 0 aliphatic rings. The summed E-state index contributed by atoms with van der Waals surface area (Å²) < 4.78 is 1.02. The van der Waals surface area contributed by atoms with Gasteiger partial charge in [-0.3, -0.25) is 0 Å². The van der Waals surface area contributed by atoms with Crippen LogP contribution in [-0.2, 0) is 0 Å². The number of hydrogen-bond acceptors (Lipinski definition) is 2. The molecule has 3 N–H and O–H groups in total. The first-order valence-corrected chi connectivity index (χ1v) is 7.12. The average molecular weight is 320 g/mol. The summed E-state index contributed by atoms with van der Waals surface area (Å²) in [6, 6.07) is 15.8. The van der Waals surface area contributed by atoms with Crippen LogP contribution in [0.5, 0.6) is 0 Å². The second-order valence-corrected chi connectivity index (χ2v) is 5.61. The zero-order valence-corrected chi connectivity index (χ0v) is 12.5. The highest BCUT2D eigenvalue weighted by molar-refractivity contribution is 9.10. The predicted molar refractivity (Wildman–Crippen MR) is 82.1 cm³/mol. The molecule has 0 aliphatic carbocycles. The van der Waals surface area contributed by atoms with Gasteiger partial charge in [0.1, 0.15) is 0 Å². The monoisotopic (exact) mass is 319 g/mol. The topological polar surface area (TPSA) is 46.2 Å². The highest BCUT2D eigenvalue weighted by atomic mass is 79.9. The van der Waals surface area contributed by atoms with Gasteiger partial charge in [-0.05, 0) is 35.7 Å². The highest BCUT2D eigenvalue weighted by Gasteiger charge is 2.22. The van der Waals surface area contributed by atoms with E-state index in [9.17, 15) is 5.11 Å². The van der Waals surface area contributed by atoms with Crippen molar-refractivity contribution in [2.24, 2.45) is 5.73 Å². The Kier molecular flexibility index (Phi) is 4.75. The number of nitrogens with two attached hydrogens (primary N) is 1. The van der Waals surface area contributed by atoms with E-state index in [1.807, 2.05) is 55.5 Å². The molecule has 0 bridgehead atoms. The Morgan fingerprint density at radius 2 is 1.84 bits per heavy atom. The zero-order valence-electron chi connectivity index (χ0n) is 10.9. The van der Waals surface area contributed by atoms with Crippen LogP contribution >= 0.6 is 15.9 Å². The van der Waals surface area contributed by atoms with Crippen LogP contribution in [0.25, 0.3) is 0 Å². The van der Waals surface area contributed by atoms with Crippen molar-refractivity contribution in [3.63, 3.8) is 0 Å². The van der Waals surface area contributed by atoms with Gasteiger partial charge in [-0.1, -0.05) is 52.3 Å². The molecule has 0 fully saturated rings. The Labute approximate surface area is 122 Å². The van der Waals surface area contributed by atoms with Crippen molar-refractivity contribution < 1.29 is 5.11 Å². The van der Waals surface area contributed by atoms with Crippen molar-refractivity contribution in [1.82, 2.24) is 0 Å². The highest BCUT2D eigenvalue weighted by Crippen LogP contribution is 2.32. The third-order valence-corrected chi connectivity index (χ3v) is 3.91. The van der Waals surface area contributed by atoms with Crippen molar-refractivity contribution in [2.75, 3.05) is 6.54 Å². The lowest BCUT2D eigenvalue weighted by Gasteiger charge is -2.23. The van der Waals surface area contributed by atoms with Gasteiger partial charge in [-0.25, -0.2) is 0 Å². The minimum Gasteiger partial charge on any atom is -0.388 e. The smallest absolute Gasteiger partial charge is 0.0873 e. The summed E-state index contributed by atoms with van der Waals surface area (Å²) in [6.45, 7) is 2.42. The molecule has 0 spiro atoms. The van der Waals surface area contributed by atoms with Crippen LogP contribution < -0.4 is 5.73 Å². The van der Waals surface area contributed by atoms with Gasteiger partial charge in [0, 0.05) is 16.9 Å². The molecule has 0 saturated carbocycles. The maximum Gasteiger partial charge on any atom is 0.0873 e. The molecule has 0 heterocycles. The van der Waals surface area contributed by atoms with Gasteiger partial charge in [-0.15, -0.1) is 0 Å². The standard InChI is InChI=1S/C16H18BrNO/c1-11-9-13(17)7-8-14(11)16(19)15(10-18)12-5-3-2-4-6-12/h2-9,15-16,19H,10,18H2,1H3. The Balaban J connectivity index is 2.33. The number of halogens is 1. The summed E-state index contributed by atoms with van der Waals surface area (Å²) in [5.41, 5.74) is 8.92. The first kappa shape index (κ1) is 14.3. The molecule has 2 nitrogen and oxygen atoms in total. The molecule has 0 saturated heterocycles. The summed E-state index contributed by atoms with van der Waals surface area (Å²) >= 11 is 3.44. The first-order chi connectivity index (χ1) is 9.13. The van der Waals surface area contributed by atoms with Gasteiger partial charge in [0.05, 0.1) is 6.10 Å². The maximum atomic E-state index is 10.6. The average Bonchev–Trinajstić information content (AvgIpc) is 2.40. The molecule has 0 amide bonds. The third kappa shape index (κ3) is 3.24. The molecular weight excluding hydrogens is 302 g/mol. The minimum atomic E-state index is -0.583. The lowest BCUT2D eigenvalue weighted by atomic mass is 9.87. The van der Waals surface area contributed by atoms with Gasteiger partial charge in [-0.2, -0.15) is 0 Å². The molecule has 2 aromatic rings. The van der Waals surface area contributed by atoms with Crippen LogP contribution in [0, 0.1) is 6.92 Å². The molecule has 100 valence electrons. The Hall–Kier alpha value is -1.16. The molecule has 0 radical (unpaired) electrons. The normalized spacial score (nSPS) is 14.1. The number of rotatable bonds is 4. The molecule has 0 aromatic heterocycles. The fraction of sp³-hybridized carbons (Fsp3) is 0.250. The lowest BCUT2D eigenvalue weighted by Crippen LogP contribution is -2.20. The van der Waals surface area contributed by atoms with Crippen molar-refractivity contribution in [2.45, 2.75) is 18.9 Å². The minimum absolute atomic E-state index is 0.0823. The molecule has 0 aliphatic heterocycles. The SMILES string of the molecule is Cc1cc(Br)ccc1C(O)C(CN)c1ccccc1. The molecule has 2 atom stereocenters. The van der Waals surface area contributed by atoms with Crippen LogP contribution in [0.1, 0.15) is 28.7 Å². The van der Waals surface area contributed by atoms with Crippen molar-refractivity contribution in [1.29, 1.82) is 0 Å². The molecular formula is C16H18BrNO. The van der Waals surface area contributed by atoms with Gasteiger partial charge in [0.2, 0.25) is 0 Å². The van der Waals surface area contributed by atoms with Crippen molar-refractivity contribution in [3.05, 3.63) is 69.7 Å². The lowest BCUT2D eigenvalue weighted by molar-refractivity contribution is 0.147. The molecule has 2 unspecified atom stereocenters. The van der Waals surface area contributed by atoms with Crippen molar-refractivity contribution >= 4 is 15.9 Å². The second kappa shape index (κ2) is 6.33. The molecule has 3 heteroatoms. The number of hydrogen-bond donors (Lipinski definition) is 2. The van der Waals surface area contributed by atoms with Crippen LogP contribution in [0.15, 0.2) is 53.0 Å². The molecule has 2 aromatic carbocycles. The third-order valence-electron chi connectivity index (χ3n) is 3.41. The van der Waals surface area contributed by atoms with E-state index in [1.54, 1.807) is 0 Å². The van der Waals surface area contributed by atoms with Gasteiger partial charge in [0.15, 0.2) is 0 Å². The molecule has 19 heavy (non-hydrogen) atoms. The van der Waals surface area contributed by atoms with Crippen LogP contribution in [0.2, 0.25) is 0 Å². The largest absolute Gasteiger partial charge is 0.388 e. The fourth-order valence-electron chi connectivity index (χ4n) is 2.34. The number of benzene rings is 2. The van der Waals surface area contributed by atoms with Gasteiger partial charge >= 0.3 is 0 Å². The van der Waals surface area contributed by atoms with Gasteiger partial charge < -0.3 is 10.8 Å². The quantitative estimate of drug-likeness (QED) is 0.905. The summed E-state index contributed by atoms with van der Waals surface area (Å²) in [4.78, 5) is 0.